The molecule has 7 heteroatoms. The molecule has 0 bridgehead atoms. The van der Waals surface area contributed by atoms with Crippen molar-refractivity contribution < 1.29 is 9.18 Å². The summed E-state index contributed by atoms with van der Waals surface area (Å²) in [6.45, 7) is 0. The quantitative estimate of drug-likeness (QED) is 0.734. The van der Waals surface area contributed by atoms with Gasteiger partial charge in [-0.2, -0.15) is 0 Å². The molecule has 2 aromatic carbocycles. The molecule has 0 radical (unpaired) electrons. The zero-order valence-electron chi connectivity index (χ0n) is 14.4. The van der Waals surface area contributed by atoms with Crippen molar-refractivity contribution in [2.24, 2.45) is 0 Å². The van der Waals surface area contributed by atoms with Crippen LogP contribution in [0.4, 0.5) is 27.3 Å². The first-order valence-corrected chi connectivity index (χ1v) is 7.94. The minimum atomic E-state index is -0.398. The molecule has 0 aliphatic carbocycles. The lowest BCUT2D eigenvalue weighted by Crippen LogP contribution is -2.14. The molecule has 0 unspecified atom stereocenters. The second-order valence-electron chi connectivity index (χ2n) is 5.82. The van der Waals surface area contributed by atoms with Crippen LogP contribution in [0.3, 0.4) is 0 Å². The highest BCUT2D eigenvalue weighted by atomic mass is 19.1. The Morgan fingerprint density at radius 3 is 2.27 bits per heavy atom. The van der Waals surface area contributed by atoms with Gasteiger partial charge in [0.25, 0.3) is 5.91 Å². The van der Waals surface area contributed by atoms with Crippen LogP contribution in [0.25, 0.3) is 0 Å². The van der Waals surface area contributed by atoms with E-state index in [9.17, 15) is 9.18 Å². The van der Waals surface area contributed by atoms with Crippen LogP contribution in [0.15, 0.2) is 60.9 Å². The maximum Gasteiger partial charge on any atom is 0.274 e. The number of nitrogens with zero attached hydrogens (tertiary/aromatic N) is 3. The highest BCUT2D eigenvalue weighted by molar-refractivity contribution is 6.03. The summed E-state index contributed by atoms with van der Waals surface area (Å²) < 4.78 is 12.9. The summed E-state index contributed by atoms with van der Waals surface area (Å²) in [5.41, 5.74) is 2.62. The Kier molecular flexibility index (Phi) is 5.07. The van der Waals surface area contributed by atoms with Crippen molar-refractivity contribution in [1.82, 2.24) is 9.97 Å². The molecular formula is C19H18FN5O. The summed E-state index contributed by atoms with van der Waals surface area (Å²) in [4.78, 5) is 22.4. The van der Waals surface area contributed by atoms with Gasteiger partial charge in [0.15, 0.2) is 0 Å². The van der Waals surface area contributed by atoms with Crippen LogP contribution >= 0.6 is 0 Å². The van der Waals surface area contributed by atoms with E-state index in [0.29, 0.717) is 11.5 Å². The lowest BCUT2D eigenvalue weighted by atomic mass is 10.2. The van der Waals surface area contributed by atoms with Crippen molar-refractivity contribution in [2.45, 2.75) is 0 Å². The maximum atomic E-state index is 12.9. The van der Waals surface area contributed by atoms with Gasteiger partial charge < -0.3 is 15.5 Å². The van der Waals surface area contributed by atoms with E-state index in [4.69, 9.17) is 0 Å². The first kappa shape index (κ1) is 17.3. The van der Waals surface area contributed by atoms with E-state index >= 15 is 0 Å². The minimum Gasteiger partial charge on any atom is -0.378 e. The number of hydrogen-bond donors (Lipinski definition) is 2. The Morgan fingerprint density at radius 1 is 0.962 bits per heavy atom. The fourth-order valence-electron chi connectivity index (χ4n) is 2.27. The van der Waals surface area contributed by atoms with Crippen molar-refractivity contribution in [3.05, 3.63) is 72.4 Å². The average Bonchev–Trinajstić information content (AvgIpc) is 2.64. The number of carbonyl (C=O) groups excluding carboxylic acids is 1. The summed E-state index contributed by atoms with van der Waals surface area (Å²) in [5, 5.41) is 5.80. The predicted octanol–water partition coefficient (Wildman–Crippen LogP) is 3.68. The molecule has 3 aromatic rings. The lowest BCUT2D eigenvalue weighted by Gasteiger charge is -2.13. The maximum absolute atomic E-state index is 12.9. The van der Waals surface area contributed by atoms with Gasteiger partial charge >= 0.3 is 0 Å². The van der Waals surface area contributed by atoms with Crippen molar-refractivity contribution in [2.75, 3.05) is 29.6 Å². The largest absolute Gasteiger partial charge is 0.378 e. The molecule has 26 heavy (non-hydrogen) atoms. The number of rotatable bonds is 5. The molecule has 0 fully saturated rings. The predicted molar refractivity (Wildman–Crippen MR) is 100 cm³/mol. The van der Waals surface area contributed by atoms with E-state index in [-0.39, 0.29) is 11.5 Å². The topological polar surface area (TPSA) is 70.2 Å². The van der Waals surface area contributed by atoms with Crippen LogP contribution in [-0.2, 0) is 0 Å². The molecule has 1 amide bonds. The van der Waals surface area contributed by atoms with Gasteiger partial charge in [0, 0.05) is 37.2 Å². The SMILES string of the molecule is CN(C)c1ccc(Nc2cc(C(=O)Nc3ccc(F)cc3)ncn2)cc1. The van der Waals surface area contributed by atoms with E-state index in [1.165, 1.54) is 30.6 Å². The Balaban J connectivity index is 1.71. The van der Waals surface area contributed by atoms with E-state index in [1.54, 1.807) is 6.07 Å². The number of halogens is 1. The number of anilines is 4. The van der Waals surface area contributed by atoms with Crippen LogP contribution < -0.4 is 15.5 Å². The fourth-order valence-corrected chi connectivity index (χ4v) is 2.27. The number of benzene rings is 2. The summed E-state index contributed by atoms with van der Waals surface area (Å²) in [6.07, 6.45) is 1.32. The number of aromatic nitrogens is 2. The van der Waals surface area contributed by atoms with Gasteiger partial charge in [-0.15, -0.1) is 0 Å². The highest BCUT2D eigenvalue weighted by Crippen LogP contribution is 2.19. The van der Waals surface area contributed by atoms with Crippen LogP contribution in [-0.4, -0.2) is 30.0 Å². The number of amides is 1. The Hall–Kier alpha value is -3.48. The second kappa shape index (κ2) is 7.60. The van der Waals surface area contributed by atoms with Crippen molar-refractivity contribution in [3.8, 4) is 0 Å². The third-order valence-corrected chi connectivity index (χ3v) is 3.66. The number of carbonyl (C=O) groups is 1. The van der Waals surface area contributed by atoms with Crippen LogP contribution in [0.5, 0.6) is 0 Å². The molecule has 0 spiro atoms. The lowest BCUT2D eigenvalue weighted by molar-refractivity contribution is 0.102. The molecule has 0 aliphatic rings. The summed E-state index contributed by atoms with van der Waals surface area (Å²) in [6, 6.07) is 14.9. The molecule has 6 nitrogen and oxygen atoms in total. The molecule has 1 aromatic heterocycles. The Morgan fingerprint density at radius 2 is 1.62 bits per heavy atom. The van der Waals surface area contributed by atoms with E-state index in [0.717, 1.165) is 11.4 Å². The molecule has 1 heterocycles. The summed E-state index contributed by atoms with van der Waals surface area (Å²) >= 11 is 0. The minimum absolute atomic E-state index is 0.205. The molecular weight excluding hydrogens is 333 g/mol. The fraction of sp³-hybridized carbons (Fsp3) is 0.105. The van der Waals surface area contributed by atoms with Gasteiger partial charge in [-0.05, 0) is 48.5 Å². The van der Waals surface area contributed by atoms with Gasteiger partial charge in [-0.1, -0.05) is 0 Å². The second-order valence-corrected chi connectivity index (χ2v) is 5.82. The Labute approximate surface area is 150 Å². The third kappa shape index (κ3) is 4.32. The van der Waals surface area contributed by atoms with E-state index in [1.807, 2.05) is 43.3 Å². The first-order chi connectivity index (χ1) is 12.5. The summed E-state index contributed by atoms with van der Waals surface area (Å²) in [7, 11) is 3.94. The molecule has 3 rings (SSSR count). The number of nitrogens with one attached hydrogen (secondary N) is 2. The van der Waals surface area contributed by atoms with Crippen molar-refractivity contribution in [3.63, 3.8) is 0 Å². The zero-order chi connectivity index (χ0) is 18.5. The van der Waals surface area contributed by atoms with Crippen LogP contribution in [0.2, 0.25) is 0 Å². The van der Waals surface area contributed by atoms with E-state index < -0.39 is 5.91 Å². The van der Waals surface area contributed by atoms with Gasteiger partial charge in [-0.3, -0.25) is 4.79 Å². The highest BCUT2D eigenvalue weighted by Gasteiger charge is 2.09. The van der Waals surface area contributed by atoms with Crippen molar-refractivity contribution in [1.29, 1.82) is 0 Å². The molecule has 2 N–H and O–H groups in total. The first-order valence-electron chi connectivity index (χ1n) is 7.94. The zero-order valence-corrected chi connectivity index (χ0v) is 14.4. The van der Waals surface area contributed by atoms with Crippen LogP contribution in [0, 0.1) is 5.82 Å². The van der Waals surface area contributed by atoms with Crippen molar-refractivity contribution >= 4 is 28.8 Å². The smallest absolute Gasteiger partial charge is 0.274 e. The molecule has 0 aliphatic heterocycles. The average molecular weight is 351 g/mol. The molecule has 0 atom stereocenters. The summed E-state index contributed by atoms with van der Waals surface area (Å²) in [5.74, 6) is -0.260. The van der Waals surface area contributed by atoms with E-state index in [2.05, 4.69) is 20.6 Å². The molecule has 0 saturated carbocycles. The Bertz CT molecular complexity index is 895. The van der Waals surface area contributed by atoms with Gasteiger partial charge in [0.2, 0.25) is 0 Å². The van der Waals surface area contributed by atoms with Gasteiger partial charge in [0.05, 0.1) is 0 Å². The number of hydrogen-bond acceptors (Lipinski definition) is 5. The van der Waals surface area contributed by atoms with Gasteiger partial charge in [-0.25, -0.2) is 14.4 Å². The normalized spacial score (nSPS) is 10.3. The molecule has 0 saturated heterocycles. The standard InChI is InChI=1S/C19H18FN5O/c1-25(2)16-9-7-14(8-10-16)23-18-11-17(21-12-22-18)19(26)24-15-5-3-13(20)4-6-15/h3-12H,1-2H3,(H,24,26)(H,21,22,23). The monoisotopic (exact) mass is 351 g/mol. The van der Waals surface area contributed by atoms with Gasteiger partial charge in [0.1, 0.15) is 23.7 Å². The van der Waals surface area contributed by atoms with Crippen LogP contribution in [0.1, 0.15) is 10.5 Å². The molecule has 132 valence electrons. The third-order valence-electron chi connectivity index (χ3n) is 3.66.